The van der Waals surface area contributed by atoms with Gasteiger partial charge >= 0.3 is 5.97 Å². The van der Waals surface area contributed by atoms with E-state index in [9.17, 15) is 4.79 Å². The van der Waals surface area contributed by atoms with E-state index in [0.29, 0.717) is 5.56 Å². The van der Waals surface area contributed by atoms with Gasteiger partial charge in [0.15, 0.2) is 0 Å². The Hall–Kier alpha value is -1.64. The maximum absolute atomic E-state index is 10.8. The maximum Gasteiger partial charge on any atom is 0.336 e. The molecule has 3 nitrogen and oxygen atoms in total. The van der Waals surface area contributed by atoms with E-state index in [1.54, 1.807) is 6.07 Å². The Kier molecular flexibility index (Phi) is 1.85. The SMILES string of the molecule is O=C(O)c1ccnc2c1CCC=C2. The molecule has 1 N–H and O–H groups in total. The van der Waals surface area contributed by atoms with Crippen LogP contribution in [0.2, 0.25) is 0 Å². The third-order valence-electron chi connectivity index (χ3n) is 2.16. The van der Waals surface area contributed by atoms with Crippen molar-refractivity contribution in [3.63, 3.8) is 0 Å². The highest BCUT2D eigenvalue weighted by atomic mass is 16.4. The second-order valence-electron chi connectivity index (χ2n) is 2.97. The van der Waals surface area contributed by atoms with Gasteiger partial charge in [0.25, 0.3) is 0 Å². The molecule has 1 aliphatic rings. The molecule has 66 valence electrons. The number of carbonyl (C=O) groups is 1. The minimum atomic E-state index is -0.867. The Bertz CT molecular complexity index is 383. The molecular formula is C10H9NO2. The van der Waals surface area contributed by atoms with E-state index in [2.05, 4.69) is 4.98 Å². The average molecular weight is 175 g/mol. The number of fused-ring (bicyclic) bond motifs is 1. The smallest absolute Gasteiger partial charge is 0.336 e. The first-order valence-corrected chi connectivity index (χ1v) is 4.17. The Morgan fingerprint density at radius 1 is 1.54 bits per heavy atom. The molecule has 1 aliphatic carbocycles. The molecule has 2 rings (SSSR count). The number of aromatic nitrogens is 1. The zero-order chi connectivity index (χ0) is 9.26. The van der Waals surface area contributed by atoms with Crippen molar-refractivity contribution >= 4 is 12.0 Å². The lowest BCUT2D eigenvalue weighted by atomic mass is 9.97. The summed E-state index contributed by atoms with van der Waals surface area (Å²) in [7, 11) is 0. The second kappa shape index (κ2) is 3.01. The number of hydrogen-bond acceptors (Lipinski definition) is 2. The van der Waals surface area contributed by atoms with Gasteiger partial charge in [0.1, 0.15) is 0 Å². The fourth-order valence-corrected chi connectivity index (χ4v) is 1.54. The van der Waals surface area contributed by atoms with Crippen LogP contribution in [0.3, 0.4) is 0 Å². The van der Waals surface area contributed by atoms with E-state index in [1.165, 1.54) is 6.20 Å². The van der Waals surface area contributed by atoms with E-state index in [1.807, 2.05) is 12.2 Å². The molecule has 0 radical (unpaired) electrons. The summed E-state index contributed by atoms with van der Waals surface area (Å²) >= 11 is 0. The van der Waals surface area contributed by atoms with Crippen LogP contribution in [0.1, 0.15) is 28.0 Å². The van der Waals surface area contributed by atoms with Crippen LogP contribution in [0.25, 0.3) is 6.08 Å². The summed E-state index contributed by atoms with van der Waals surface area (Å²) in [6.45, 7) is 0. The van der Waals surface area contributed by atoms with Crippen molar-refractivity contribution in [3.8, 4) is 0 Å². The standard InChI is InChI=1S/C10H9NO2/c12-10(13)8-5-6-11-9-4-2-1-3-7(8)9/h2,4-6H,1,3H2,(H,12,13). The highest BCUT2D eigenvalue weighted by molar-refractivity contribution is 5.90. The van der Waals surface area contributed by atoms with Gasteiger partial charge in [-0.2, -0.15) is 0 Å². The maximum atomic E-state index is 10.8. The van der Waals surface area contributed by atoms with Gasteiger partial charge in [-0.3, -0.25) is 4.98 Å². The fourth-order valence-electron chi connectivity index (χ4n) is 1.54. The van der Waals surface area contributed by atoms with E-state index >= 15 is 0 Å². The number of aromatic carboxylic acids is 1. The van der Waals surface area contributed by atoms with E-state index < -0.39 is 5.97 Å². The highest BCUT2D eigenvalue weighted by Gasteiger charge is 2.14. The predicted molar refractivity (Wildman–Crippen MR) is 48.6 cm³/mol. The largest absolute Gasteiger partial charge is 0.478 e. The summed E-state index contributed by atoms with van der Waals surface area (Å²) in [5, 5.41) is 8.89. The van der Waals surface area contributed by atoms with Crippen LogP contribution < -0.4 is 0 Å². The molecule has 3 heteroatoms. The van der Waals surface area contributed by atoms with Crippen molar-refractivity contribution in [2.24, 2.45) is 0 Å². The molecular weight excluding hydrogens is 166 g/mol. The van der Waals surface area contributed by atoms with Crippen LogP contribution in [0, 0.1) is 0 Å². The van der Waals surface area contributed by atoms with E-state index in [0.717, 1.165) is 24.1 Å². The number of nitrogens with zero attached hydrogens (tertiary/aromatic N) is 1. The van der Waals surface area contributed by atoms with Crippen molar-refractivity contribution in [2.45, 2.75) is 12.8 Å². The molecule has 1 aromatic heterocycles. The van der Waals surface area contributed by atoms with Crippen molar-refractivity contribution in [1.82, 2.24) is 4.98 Å². The summed E-state index contributed by atoms with van der Waals surface area (Å²) in [5.74, 6) is -0.867. The molecule has 0 saturated carbocycles. The number of rotatable bonds is 1. The lowest BCUT2D eigenvalue weighted by Crippen LogP contribution is -2.07. The summed E-state index contributed by atoms with van der Waals surface area (Å²) in [4.78, 5) is 14.9. The topological polar surface area (TPSA) is 50.2 Å². The van der Waals surface area contributed by atoms with Gasteiger partial charge in [0.2, 0.25) is 0 Å². The van der Waals surface area contributed by atoms with Gasteiger partial charge in [-0.25, -0.2) is 4.79 Å². The zero-order valence-electron chi connectivity index (χ0n) is 7.03. The molecule has 1 aromatic rings. The third-order valence-corrected chi connectivity index (χ3v) is 2.16. The lowest BCUT2D eigenvalue weighted by molar-refractivity contribution is 0.0695. The quantitative estimate of drug-likeness (QED) is 0.707. The molecule has 1 heterocycles. The number of allylic oxidation sites excluding steroid dienone is 1. The molecule has 0 saturated heterocycles. The monoisotopic (exact) mass is 175 g/mol. The number of pyridine rings is 1. The van der Waals surface area contributed by atoms with Gasteiger partial charge in [-0.15, -0.1) is 0 Å². The first-order chi connectivity index (χ1) is 6.29. The van der Waals surface area contributed by atoms with Gasteiger partial charge in [-0.1, -0.05) is 6.08 Å². The van der Waals surface area contributed by atoms with Gasteiger partial charge in [0, 0.05) is 6.20 Å². The van der Waals surface area contributed by atoms with Crippen molar-refractivity contribution < 1.29 is 9.90 Å². The third kappa shape index (κ3) is 1.33. The van der Waals surface area contributed by atoms with Crippen LogP contribution >= 0.6 is 0 Å². The first-order valence-electron chi connectivity index (χ1n) is 4.17. The molecule has 0 spiro atoms. The van der Waals surface area contributed by atoms with Crippen LogP contribution in [0.5, 0.6) is 0 Å². The minimum absolute atomic E-state index is 0.384. The fraction of sp³-hybridized carbons (Fsp3) is 0.200. The summed E-state index contributed by atoms with van der Waals surface area (Å²) in [6, 6.07) is 1.56. The molecule has 0 atom stereocenters. The summed E-state index contributed by atoms with van der Waals surface area (Å²) < 4.78 is 0. The summed E-state index contributed by atoms with van der Waals surface area (Å²) in [6.07, 6.45) is 7.12. The zero-order valence-corrected chi connectivity index (χ0v) is 7.03. The molecule has 0 unspecified atom stereocenters. The minimum Gasteiger partial charge on any atom is -0.478 e. The van der Waals surface area contributed by atoms with Crippen LogP contribution in [0.15, 0.2) is 18.3 Å². The number of hydrogen-bond donors (Lipinski definition) is 1. The molecule has 0 amide bonds. The van der Waals surface area contributed by atoms with Crippen LogP contribution in [-0.4, -0.2) is 16.1 Å². The van der Waals surface area contributed by atoms with Gasteiger partial charge in [-0.05, 0) is 30.5 Å². The molecule has 0 bridgehead atoms. The van der Waals surface area contributed by atoms with E-state index in [4.69, 9.17) is 5.11 Å². The molecule has 0 aromatic carbocycles. The molecule has 13 heavy (non-hydrogen) atoms. The lowest BCUT2D eigenvalue weighted by Gasteiger charge is -2.11. The normalized spacial score (nSPS) is 13.8. The Morgan fingerprint density at radius 3 is 3.15 bits per heavy atom. The van der Waals surface area contributed by atoms with Crippen molar-refractivity contribution in [1.29, 1.82) is 0 Å². The second-order valence-corrected chi connectivity index (χ2v) is 2.97. The van der Waals surface area contributed by atoms with Gasteiger partial charge < -0.3 is 5.11 Å². The summed E-state index contributed by atoms with van der Waals surface area (Å²) in [5.41, 5.74) is 2.04. The Labute approximate surface area is 75.7 Å². The average Bonchev–Trinajstić information content (AvgIpc) is 2.17. The number of carboxylic acids is 1. The van der Waals surface area contributed by atoms with Gasteiger partial charge in [0.05, 0.1) is 11.3 Å². The Balaban J connectivity index is 2.59. The number of carboxylic acid groups (broad SMARTS) is 1. The molecule has 0 fully saturated rings. The first kappa shape index (κ1) is 7.98. The van der Waals surface area contributed by atoms with Crippen LogP contribution in [0.4, 0.5) is 0 Å². The highest BCUT2D eigenvalue weighted by Crippen LogP contribution is 2.20. The molecule has 0 aliphatic heterocycles. The van der Waals surface area contributed by atoms with Crippen molar-refractivity contribution in [2.75, 3.05) is 0 Å². The van der Waals surface area contributed by atoms with Crippen molar-refractivity contribution in [3.05, 3.63) is 35.2 Å². The van der Waals surface area contributed by atoms with E-state index in [-0.39, 0.29) is 0 Å². The predicted octanol–water partition coefficient (Wildman–Crippen LogP) is 1.74. The Morgan fingerprint density at radius 2 is 2.38 bits per heavy atom. The van der Waals surface area contributed by atoms with Crippen LogP contribution in [-0.2, 0) is 6.42 Å².